The van der Waals surface area contributed by atoms with Gasteiger partial charge in [0, 0.05) is 18.8 Å². The summed E-state index contributed by atoms with van der Waals surface area (Å²) in [7, 11) is 0. The lowest BCUT2D eigenvalue weighted by molar-refractivity contribution is -0.133. The van der Waals surface area contributed by atoms with Crippen molar-refractivity contribution in [3.05, 3.63) is 47.9 Å². The van der Waals surface area contributed by atoms with Crippen molar-refractivity contribution in [3.8, 4) is 6.07 Å². The van der Waals surface area contributed by atoms with Crippen LogP contribution < -0.4 is 10.6 Å². The molecule has 2 aromatic rings. The van der Waals surface area contributed by atoms with Gasteiger partial charge in [-0.1, -0.05) is 12.1 Å². The molecule has 2 amide bonds. The number of nitrogens with one attached hydrogen (secondary N) is 2. The molecular weight excluding hydrogens is 420 g/mol. The van der Waals surface area contributed by atoms with Gasteiger partial charge in [-0.15, -0.1) is 0 Å². The van der Waals surface area contributed by atoms with Crippen molar-refractivity contribution in [3.63, 3.8) is 0 Å². The van der Waals surface area contributed by atoms with Crippen LogP contribution in [0, 0.1) is 11.3 Å². The molecule has 3 rings (SSSR count). The fraction of sp³-hybridized carbons (Fsp3) is 0.417. The number of carbonyl (C=O) groups is 3. The largest absolute Gasteiger partial charge is 0.377 e. The third kappa shape index (κ3) is 6.35. The van der Waals surface area contributed by atoms with Gasteiger partial charge >= 0.3 is 0 Å². The maximum absolute atomic E-state index is 13.1. The van der Waals surface area contributed by atoms with Crippen molar-refractivity contribution in [2.45, 2.75) is 51.6 Å². The van der Waals surface area contributed by atoms with E-state index in [4.69, 9.17) is 0 Å². The van der Waals surface area contributed by atoms with Gasteiger partial charge in [-0.3, -0.25) is 19.4 Å². The Bertz CT molecular complexity index is 1110. The molecule has 172 valence electrons. The maximum atomic E-state index is 13.1. The number of likely N-dealkylation sites (tertiary alicyclic amines) is 1. The summed E-state index contributed by atoms with van der Waals surface area (Å²) >= 11 is 0. The van der Waals surface area contributed by atoms with Crippen LogP contribution in [-0.4, -0.2) is 57.6 Å². The zero-order chi connectivity index (χ0) is 23.8. The Labute approximate surface area is 192 Å². The highest BCUT2D eigenvalue weighted by Crippen LogP contribution is 2.19. The second-order valence-corrected chi connectivity index (χ2v) is 8.10. The molecule has 1 aliphatic rings. The minimum atomic E-state index is -0.591. The molecule has 2 heterocycles. The van der Waals surface area contributed by atoms with Crippen LogP contribution in [0.4, 0.5) is 0 Å². The molecular formula is C24H28N6O3. The average Bonchev–Trinajstić information content (AvgIpc) is 3.28. The number of amides is 2. The number of hydrogen-bond donors (Lipinski definition) is 2. The number of fused-ring (bicyclic) bond motifs is 1. The number of benzene rings is 1. The topological polar surface area (TPSA) is 128 Å². The second-order valence-electron chi connectivity index (χ2n) is 8.10. The molecule has 2 N–H and O–H groups in total. The Morgan fingerprint density at radius 1 is 1.27 bits per heavy atom. The minimum Gasteiger partial charge on any atom is -0.377 e. The number of carbonyl (C=O) groups excluding carboxylic acids is 3. The molecule has 0 aliphatic carbocycles. The minimum absolute atomic E-state index is 0.119. The van der Waals surface area contributed by atoms with Crippen molar-refractivity contribution >= 4 is 28.6 Å². The number of allylic oxidation sites excluding steroid dienone is 2. The number of ketones is 1. The molecule has 0 unspecified atom stereocenters. The summed E-state index contributed by atoms with van der Waals surface area (Å²) < 4.78 is 0. The van der Waals surface area contributed by atoms with Crippen LogP contribution in [0.25, 0.3) is 11.0 Å². The van der Waals surface area contributed by atoms with Crippen LogP contribution in [0.3, 0.4) is 0 Å². The normalized spacial score (nSPS) is 16.8. The van der Waals surface area contributed by atoms with Crippen LogP contribution in [0.1, 0.15) is 50.0 Å². The van der Waals surface area contributed by atoms with Crippen molar-refractivity contribution in [2.24, 2.45) is 0 Å². The first-order valence-corrected chi connectivity index (χ1v) is 11.0. The van der Waals surface area contributed by atoms with Gasteiger partial charge in [0.15, 0.2) is 5.78 Å². The molecule has 9 nitrogen and oxygen atoms in total. The van der Waals surface area contributed by atoms with Gasteiger partial charge in [0.25, 0.3) is 5.91 Å². The van der Waals surface area contributed by atoms with E-state index in [2.05, 4.69) is 26.7 Å². The van der Waals surface area contributed by atoms with E-state index in [0.29, 0.717) is 49.1 Å². The highest BCUT2D eigenvalue weighted by molar-refractivity contribution is 5.93. The van der Waals surface area contributed by atoms with E-state index in [9.17, 15) is 19.6 Å². The van der Waals surface area contributed by atoms with Crippen LogP contribution in [-0.2, 0) is 9.59 Å². The lowest BCUT2D eigenvalue weighted by Crippen LogP contribution is -2.47. The molecule has 9 heteroatoms. The van der Waals surface area contributed by atoms with Crippen molar-refractivity contribution < 1.29 is 14.4 Å². The Kier molecular flexibility index (Phi) is 8.08. The number of hydrogen-bond acceptors (Lipinski definition) is 7. The van der Waals surface area contributed by atoms with Gasteiger partial charge in [-0.25, -0.2) is 4.98 Å². The number of para-hydroxylation sites is 2. The third-order valence-electron chi connectivity index (χ3n) is 5.44. The van der Waals surface area contributed by atoms with E-state index in [0.717, 1.165) is 6.42 Å². The molecule has 1 aromatic heterocycles. The summed E-state index contributed by atoms with van der Waals surface area (Å²) in [5.41, 5.74) is 2.18. The molecule has 1 aliphatic heterocycles. The van der Waals surface area contributed by atoms with Crippen molar-refractivity contribution in [2.75, 3.05) is 13.1 Å². The number of aromatic nitrogens is 2. The average molecular weight is 449 g/mol. The van der Waals surface area contributed by atoms with Crippen molar-refractivity contribution in [1.29, 1.82) is 5.26 Å². The van der Waals surface area contributed by atoms with E-state index in [-0.39, 0.29) is 23.3 Å². The zero-order valence-corrected chi connectivity index (χ0v) is 18.9. The molecule has 0 bridgehead atoms. The summed E-state index contributed by atoms with van der Waals surface area (Å²) in [5, 5.41) is 15.3. The quantitative estimate of drug-likeness (QED) is 0.444. The predicted molar refractivity (Wildman–Crippen MR) is 123 cm³/mol. The number of nitrogens with zero attached hydrogens (tertiary/aromatic N) is 4. The van der Waals surface area contributed by atoms with Crippen LogP contribution in [0.15, 0.2) is 42.2 Å². The molecule has 2 atom stereocenters. The highest BCUT2D eigenvalue weighted by atomic mass is 16.2. The SMILES string of the molecule is CC(=O)/C=C(\C)N[C@@H](CCCNC(=O)c1cnc2ccccc2n1)C(=O)N1CCC[C@H]1C#N. The Morgan fingerprint density at radius 2 is 2.03 bits per heavy atom. The van der Waals surface area contributed by atoms with E-state index in [1.165, 1.54) is 19.2 Å². The first-order chi connectivity index (χ1) is 15.9. The Hall–Kier alpha value is -3.80. The van der Waals surface area contributed by atoms with Crippen LogP contribution in [0.5, 0.6) is 0 Å². The summed E-state index contributed by atoms with van der Waals surface area (Å²) in [5.74, 6) is -0.617. The Balaban J connectivity index is 1.59. The van der Waals surface area contributed by atoms with E-state index in [1.54, 1.807) is 17.9 Å². The molecule has 33 heavy (non-hydrogen) atoms. The standard InChI is InChI=1S/C24H28N6O3/c1-16(13-17(2)31)28-21(24(33)30-12-6-7-18(30)14-25)10-5-11-26-23(32)22-15-27-19-8-3-4-9-20(19)29-22/h3-4,8-9,13,15,18,21,28H,5-7,10-12H2,1-2H3,(H,26,32)/b16-13+/t18-,21-/m0/s1. The summed E-state index contributed by atoms with van der Waals surface area (Å²) in [6.45, 7) is 4.06. The lowest BCUT2D eigenvalue weighted by atomic mass is 10.1. The highest BCUT2D eigenvalue weighted by Gasteiger charge is 2.33. The molecule has 1 fully saturated rings. The molecule has 1 aromatic carbocycles. The molecule has 0 spiro atoms. The van der Waals surface area contributed by atoms with Crippen LogP contribution >= 0.6 is 0 Å². The monoisotopic (exact) mass is 448 g/mol. The number of nitriles is 1. The summed E-state index contributed by atoms with van der Waals surface area (Å²) in [4.78, 5) is 47.2. The van der Waals surface area contributed by atoms with Gasteiger partial charge in [0.2, 0.25) is 5.91 Å². The predicted octanol–water partition coefficient (Wildman–Crippen LogP) is 2.11. The molecule has 0 radical (unpaired) electrons. The van der Waals surface area contributed by atoms with Crippen LogP contribution in [0.2, 0.25) is 0 Å². The second kappa shape index (κ2) is 11.2. The fourth-order valence-corrected chi connectivity index (χ4v) is 3.91. The number of rotatable bonds is 9. The van der Waals surface area contributed by atoms with Gasteiger partial charge in [-0.05, 0) is 57.7 Å². The van der Waals surface area contributed by atoms with Gasteiger partial charge in [0.1, 0.15) is 17.8 Å². The molecule has 1 saturated heterocycles. The summed E-state index contributed by atoms with van der Waals surface area (Å²) in [6.07, 6.45) is 5.29. The first-order valence-electron chi connectivity index (χ1n) is 11.0. The first kappa shape index (κ1) is 23.9. The maximum Gasteiger partial charge on any atom is 0.271 e. The van der Waals surface area contributed by atoms with Gasteiger partial charge < -0.3 is 15.5 Å². The smallest absolute Gasteiger partial charge is 0.271 e. The third-order valence-corrected chi connectivity index (χ3v) is 5.44. The fourth-order valence-electron chi connectivity index (χ4n) is 3.91. The van der Waals surface area contributed by atoms with Gasteiger partial charge in [-0.2, -0.15) is 5.26 Å². The van der Waals surface area contributed by atoms with E-state index in [1.807, 2.05) is 18.2 Å². The lowest BCUT2D eigenvalue weighted by Gasteiger charge is -2.27. The molecule has 0 saturated carbocycles. The Morgan fingerprint density at radius 3 is 2.76 bits per heavy atom. The zero-order valence-electron chi connectivity index (χ0n) is 18.9. The van der Waals surface area contributed by atoms with E-state index < -0.39 is 12.1 Å². The van der Waals surface area contributed by atoms with E-state index >= 15 is 0 Å². The van der Waals surface area contributed by atoms with Gasteiger partial charge in [0.05, 0.1) is 23.3 Å². The van der Waals surface area contributed by atoms with Crippen molar-refractivity contribution in [1.82, 2.24) is 25.5 Å². The summed E-state index contributed by atoms with van der Waals surface area (Å²) in [6, 6.07) is 8.49.